The quantitative estimate of drug-likeness (QED) is 0.385. The van der Waals surface area contributed by atoms with E-state index in [2.05, 4.69) is 10.4 Å². The van der Waals surface area contributed by atoms with E-state index in [9.17, 15) is 9.59 Å². The van der Waals surface area contributed by atoms with Crippen molar-refractivity contribution in [2.45, 2.75) is 26.8 Å². The van der Waals surface area contributed by atoms with Crippen molar-refractivity contribution in [3.8, 4) is 11.5 Å². The van der Waals surface area contributed by atoms with E-state index in [4.69, 9.17) is 16.7 Å². The van der Waals surface area contributed by atoms with Gasteiger partial charge in [0.05, 0.1) is 11.4 Å². The number of carbonyl (C=O) groups is 1. The number of halogens is 1. The van der Waals surface area contributed by atoms with Gasteiger partial charge < -0.3 is 9.88 Å². The van der Waals surface area contributed by atoms with E-state index in [1.807, 2.05) is 72.4 Å². The molecule has 0 aliphatic carbocycles. The first-order valence-corrected chi connectivity index (χ1v) is 11.5. The second kappa shape index (κ2) is 8.88. The number of carbonyl (C=O) groups excluding carboxylic acids is 1. The fourth-order valence-corrected chi connectivity index (χ4v) is 4.16. The number of benzene rings is 2. The Kier molecular flexibility index (Phi) is 5.74. The van der Waals surface area contributed by atoms with Crippen LogP contribution in [-0.2, 0) is 4.79 Å². The van der Waals surface area contributed by atoms with Crippen LogP contribution in [0.4, 0.5) is 5.69 Å². The zero-order valence-electron chi connectivity index (χ0n) is 19.4. The van der Waals surface area contributed by atoms with Crippen molar-refractivity contribution in [2.75, 3.05) is 5.32 Å². The summed E-state index contributed by atoms with van der Waals surface area (Å²) < 4.78 is 4.78. The molecule has 8 nitrogen and oxygen atoms in total. The van der Waals surface area contributed by atoms with E-state index in [-0.39, 0.29) is 5.91 Å². The van der Waals surface area contributed by atoms with Crippen LogP contribution in [0.2, 0.25) is 5.02 Å². The largest absolute Gasteiger partial charge is 0.324 e. The number of para-hydroxylation sites is 1. The molecule has 0 fully saturated rings. The highest BCUT2D eigenvalue weighted by Crippen LogP contribution is 2.25. The molecular weight excluding hydrogens is 464 g/mol. The van der Waals surface area contributed by atoms with Gasteiger partial charge in [0.15, 0.2) is 5.82 Å². The molecule has 3 aromatic heterocycles. The predicted octanol–water partition coefficient (Wildman–Crippen LogP) is 4.84. The lowest BCUT2D eigenvalue weighted by Gasteiger charge is -2.15. The minimum absolute atomic E-state index is 0.378. The van der Waals surface area contributed by atoms with Crippen molar-refractivity contribution >= 4 is 34.1 Å². The van der Waals surface area contributed by atoms with Crippen LogP contribution in [0.25, 0.3) is 22.4 Å². The van der Waals surface area contributed by atoms with Crippen LogP contribution in [0, 0.1) is 13.8 Å². The van der Waals surface area contributed by atoms with Crippen molar-refractivity contribution in [2.24, 2.45) is 0 Å². The highest BCUT2D eigenvalue weighted by molar-refractivity contribution is 6.31. The third-order valence-corrected chi connectivity index (χ3v) is 6.33. The lowest BCUT2D eigenvalue weighted by Crippen LogP contribution is -2.34. The van der Waals surface area contributed by atoms with Crippen molar-refractivity contribution in [1.29, 1.82) is 0 Å². The van der Waals surface area contributed by atoms with Gasteiger partial charge in [-0.1, -0.05) is 35.9 Å². The summed E-state index contributed by atoms with van der Waals surface area (Å²) in [6, 6.07) is 17.7. The molecule has 0 bridgehead atoms. The van der Waals surface area contributed by atoms with E-state index in [0.29, 0.717) is 33.1 Å². The summed E-state index contributed by atoms with van der Waals surface area (Å²) in [5.74, 6) is 0.203. The van der Waals surface area contributed by atoms with E-state index in [1.54, 1.807) is 30.7 Å². The number of nitrogens with one attached hydrogen (secondary N) is 1. The molecule has 0 radical (unpaired) electrons. The standard InChI is InChI=1S/C26H23ClN6O2/c1-16-11-12-19(15-21(16)27)28-24(34)18(3)32-26(35)22-23(17(2)29-32)30-33(20-9-5-4-6-10-20)25(22)31-13-7-8-14-31/h4-15,18H,1-3H3,(H,28,34). The number of amides is 1. The van der Waals surface area contributed by atoms with Crippen LogP contribution in [0.3, 0.4) is 0 Å². The number of aryl methyl sites for hydroxylation is 2. The van der Waals surface area contributed by atoms with Gasteiger partial charge in [0.25, 0.3) is 5.56 Å². The molecule has 1 atom stereocenters. The topological polar surface area (TPSA) is 86.7 Å². The summed E-state index contributed by atoms with van der Waals surface area (Å²) in [4.78, 5) is 26.8. The molecule has 9 heteroatoms. The molecule has 0 saturated carbocycles. The average Bonchev–Trinajstić information content (AvgIpc) is 3.52. The molecule has 0 aliphatic rings. The first kappa shape index (κ1) is 22.6. The van der Waals surface area contributed by atoms with Gasteiger partial charge in [0, 0.05) is 23.1 Å². The summed E-state index contributed by atoms with van der Waals surface area (Å²) in [5, 5.41) is 13.0. The van der Waals surface area contributed by atoms with Gasteiger partial charge in [0.2, 0.25) is 5.91 Å². The lowest BCUT2D eigenvalue weighted by atomic mass is 10.2. The fraction of sp³-hybridized carbons (Fsp3) is 0.154. The second-order valence-corrected chi connectivity index (χ2v) is 8.76. The Balaban J connectivity index is 1.64. The van der Waals surface area contributed by atoms with E-state index >= 15 is 0 Å². The van der Waals surface area contributed by atoms with Crippen LogP contribution < -0.4 is 10.9 Å². The van der Waals surface area contributed by atoms with Crippen LogP contribution in [-0.4, -0.2) is 30.0 Å². The van der Waals surface area contributed by atoms with Gasteiger partial charge in [-0.2, -0.15) is 10.2 Å². The highest BCUT2D eigenvalue weighted by atomic mass is 35.5. The molecular formula is C26H23ClN6O2. The van der Waals surface area contributed by atoms with Crippen LogP contribution in [0.5, 0.6) is 0 Å². The smallest absolute Gasteiger partial charge is 0.280 e. The molecule has 0 aliphatic heterocycles. The maximum Gasteiger partial charge on any atom is 0.280 e. The number of hydrogen-bond acceptors (Lipinski definition) is 4. The van der Waals surface area contributed by atoms with Gasteiger partial charge >= 0.3 is 0 Å². The molecule has 0 spiro atoms. The second-order valence-electron chi connectivity index (χ2n) is 8.35. The van der Waals surface area contributed by atoms with Gasteiger partial charge in [-0.25, -0.2) is 9.36 Å². The lowest BCUT2D eigenvalue weighted by molar-refractivity contribution is -0.119. The van der Waals surface area contributed by atoms with Crippen molar-refractivity contribution in [1.82, 2.24) is 24.1 Å². The molecule has 0 saturated heterocycles. The van der Waals surface area contributed by atoms with Crippen LogP contribution in [0.1, 0.15) is 24.2 Å². The highest BCUT2D eigenvalue weighted by Gasteiger charge is 2.25. The Hall–Kier alpha value is -4.17. The molecule has 5 aromatic rings. The summed E-state index contributed by atoms with van der Waals surface area (Å²) in [7, 11) is 0. The number of fused-ring (bicyclic) bond motifs is 1. The van der Waals surface area contributed by atoms with Crippen molar-refractivity contribution < 1.29 is 4.79 Å². The first-order chi connectivity index (χ1) is 16.8. The number of hydrogen-bond donors (Lipinski definition) is 1. The summed E-state index contributed by atoms with van der Waals surface area (Å²) >= 11 is 6.19. The van der Waals surface area contributed by atoms with Gasteiger partial charge in [-0.15, -0.1) is 0 Å². The van der Waals surface area contributed by atoms with Crippen LogP contribution >= 0.6 is 11.6 Å². The molecule has 5 rings (SSSR count). The molecule has 1 amide bonds. The number of anilines is 1. The average molecular weight is 487 g/mol. The maximum atomic E-state index is 13.8. The van der Waals surface area contributed by atoms with Gasteiger partial charge in [0.1, 0.15) is 16.9 Å². The van der Waals surface area contributed by atoms with Gasteiger partial charge in [-0.3, -0.25) is 9.59 Å². The normalized spacial score (nSPS) is 12.1. The molecule has 176 valence electrons. The van der Waals surface area contributed by atoms with Crippen LogP contribution in [0.15, 0.2) is 77.9 Å². The minimum atomic E-state index is -0.872. The number of aromatic nitrogens is 5. The molecule has 1 N–H and O–H groups in total. The maximum absolute atomic E-state index is 13.8. The van der Waals surface area contributed by atoms with E-state index in [1.165, 1.54) is 4.68 Å². The molecule has 1 unspecified atom stereocenters. The minimum Gasteiger partial charge on any atom is -0.324 e. The Morgan fingerprint density at radius 3 is 2.40 bits per heavy atom. The SMILES string of the molecule is Cc1ccc(NC(=O)C(C)n2nc(C)c3nn(-c4ccccc4)c(-n4cccc4)c3c2=O)cc1Cl. The van der Waals surface area contributed by atoms with Gasteiger partial charge in [-0.05, 0) is 62.7 Å². The molecule has 35 heavy (non-hydrogen) atoms. The Labute approximate surface area is 206 Å². The predicted molar refractivity (Wildman–Crippen MR) is 137 cm³/mol. The van der Waals surface area contributed by atoms with Crippen molar-refractivity contribution in [3.63, 3.8) is 0 Å². The molecule has 3 heterocycles. The Morgan fingerprint density at radius 2 is 1.71 bits per heavy atom. The third-order valence-electron chi connectivity index (χ3n) is 5.92. The Bertz CT molecular complexity index is 1600. The van der Waals surface area contributed by atoms with E-state index in [0.717, 1.165) is 11.3 Å². The zero-order valence-corrected chi connectivity index (χ0v) is 20.2. The summed E-state index contributed by atoms with van der Waals surface area (Å²) in [5.41, 5.74) is 2.89. The van der Waals surface area contributed by atoms with E-state index < -0.39 is 11.6 Å². The number of rotatable bonds is 5. The zero-order chi connectivity index (χ0) is 24.7. The number of nitrogens with zero attached hydrogens (tertiary/aromatic N) is 5. The Morgan fingerprint density at radius 1 is 1.00 bits per heavy atom. The monoisotopic (exact) mass is 486 g/mol. The molecule has 2 aromatic carbocycles. The summed E-state index contributed by atoms with van der Waals surface area (Å²) in [6.07, 6.45) is 3.71. The first-order valence-electron chi connectivity index (χ1n) is 11.1. The third kappa shape index (κ3) is 4.02. The summed E-state index contributed by atoms with van der Waals surface area (Å²) in [6.45, 7) is 5.31. The van der Waals surface area contributed by atoms with Crippen molar-refractivity contribution in [3.05, 3.63) is 99.7 Å². The fourth-order valence-electron chi connectivity index (χ4n) is 3.98.